The number of piperidine rings is 1. The molecule has 3 rings (SSSR count). The van der Waals surface area contributed by atoms with Gasteiger partial charge in [-0.3, -0.25) is 9.59 Å². The van der Waals surface area contributed by atoms with Crippen molar-refractivity contribution in [3.63, 3.8) is 0 Å². The van der Waals surface area contributed by atoms with Crippen LogP contribution in [-0.2, 0) is 4.79 Å². The van der Waals surface area contributed by atoms with Gasteiger partial charge in [-0.2, -0.15) is 0 Å². The minimum atomic E-state index is -0.356. The van der Waals surface area contributed by atoms with E-state index in [0.29, 0.717) is 13.1 Å². The molecule has 1 aliphatic rings. The summed E-state index contributed by atoms with van der Waals surface area (Å²) in [6.45, 7) is 2.97. The predicted molar refractivity (Wildman–Crippen MR) is 83.9 cm³/mol. The standard InChI is InChI=1S/C16H19N5O2/c1-11-4-6-13(7-5-11)21-10-14(18-19-21)16(23)20-8-2-3-12(9-20)15(17)22/h4-7,10,12H,2-3,8-9H2,1H3,(H2,17,22)/t12-/m1/s1. The van der Waals surface area contributed by atoms with Crippen LogP contribution < -0.4 is 5.73 Å². The molecule has 2 aromatic rings. The summed E-state index contributed by atoms with van der Waals surface area (Å²) in [4.78, 5) is 25.5. The largest absolute Gasteiger partial charge is 0.369 e. The molecule has 0 spiro atoms. The van der Waals surface area contributed by atoms with Crippen LogP contribution in [0.2, 0.25) is 0 Å². The van der Waals surface area contributed by atoms with Crippen molar-refractivity contribution in [2.45, 2.75) is 19.8 Å². The molecular formula is C16H19N5O2. The molecule has 2 N–H and O–H groups in total. The van der Waals surface area contributed by atoms with Gasteiger partial charge in [-0.25, -0.2) is 4.68 Å². The van der Waals surface area contributed by atoms with Gasteiger partial charge in [0.2, 0.25) is 5.91 Å². The van der Waals surface area contributed by atoms with E-state index in [1.54, 1.807) is 15.8 Å². The molecule has 7 nitrogen and oxygen atoms in total. The molecule has 0 radical (unpaired) electrons. The van der Waals surface area contributed by atoms with E-state index in [4.69, 9.17) is 5.73 Å². The van der Waals surface area contributed by atoms with Gasteiger partial charge in [0.1, 0.15) is 0 Å². The highest BCUT2D eigenvalue weighted by Gasteiger charge is 2.28. The number of hydrogen-bond acceptors (Lipinski definition) is 4. The molecule has 1 fully saturated rings. The molecule has 23 heavy (non-hydrogen) atoms. The van der Waals surface area contributed by atoms with Crippen LogP contribution in [0.3, 0.4) is 0 Å². The molecule has 1 aliphatic heterocycles. The molecule has 0 aliphatic carbocycles. The Morgan fingerprint density at radius 2 is 2.00 bits per heavy atom. The minimum absolute atomic E-state index is 0.214. The van der Waals surface area contributed by atoms with Gasteiger partial charge in [-0.05, 0) is 31.9 Å². The number of rotatable bonds is 3. The maximum Gasteiger partial charge on any atom is 0.276 e. The Morgan fingerprint density at radius 3 is 2.70 bits per heavy atom. The number of hydrogen-bond donors (Lipinski definition) is 1. The Hall–Kier alpha value is -2.70. The fourth-order valence-corrected chi connectivity index (χ4v) is 2.74. The topological polar surface area (TPSA) is 94.1 Å². The zero-order chi connectivity index (χ0) is 16.4. The van der Waals surface area contributed by atoms with Crippen LogP contribution in [0.5, 0.6) is 0 Å². The normalized spacial score (nSPS) is 18.0. The van der Waals surface area contributed by atoms with Gasteiger partial charge < -0.3 is 10.6 Å². The smallest absolute Gasteiger partial charge is 0.276 e. The lowest BCUT2D eigenvalue weighted by Crippen LogP contribution is -2.44. The Labute approximate surface area is 134 Å². The van der Waals surface area contributed by atoms with E-state index >= 15 is 0 Å². The number of benzene rings is 1. The van der Waals surface area contributed by atoms with E-state index in [2.05, 4.69) is 10.3 Å². The highest BCUT2D eigenvalue weighted by atomic mass is 16.2. The second kappa shape index (κ2) is 6.20. The van der Waals surface area contributed by atoms with Crippen molar-refractivity contribution >= 4 is 11.8 Å². The number of aromatic nitrogens is 3. The van der Waals surface area contributed by atoms with E-state index in [1.807, 2.05) is 31.2 Å². The zero-order valence-corrected chi connectivity index (χ0v) is 13.0. The van der Waals surface area contributed by atoms with E-state index in [0.717, 1.165) is 24.1 Å². The summed E-state index contributed by atoms with van der Waals surface area (Å²) in [6, 6.07) is 7.78. The number of primary amides is 1. The van der Waals surface area contributed by atoms with Crippen LogP contribution in [-0.4, -0.2) is 44.8 Å². The predicted octanol–water partition coefficient (Wildman–Crippen LogP) is 0.913. The summed E-state index contributed by atoms with van der Waals surface area (Å²) in [6.07, 6.45) is 3.11. The Balaban J connectivity index is 1.75. The van der Waals surface area contributed by atoms with Crippen LogP contribution in [0.1, 0.15) is 28.9 Å². The Morgan fingerprint density at radius 1 is 1.26 bits per heavy atom. The van der Waals surface area contributed by atoms with Gasteiger partial charge in [-0.15, -0.1) is 5.10 Å². The van der Waals surface area contributed by atoms with Crippen molar-refractivity contribution < 1.29 is 9.59 Å². The number of carbonyl (C=O) groups excluding carboxylic acids is 2. The number of carbonyl (C=O) groups is 2. The van der Waals surface area contributed by atoms with E-state index in [1.165, 1.54) is 0 Å². The first-order chi connectivity index (χ1) is 11.0. The average molecular weight is 313 g/mol. The number of nitrogens with zero attached hydrogens (tertiary/aromatic N) is 4. The van der Waals surface area contributed by atoms with Crippen LogP contribution >= 0.6 is 0 Å². The van der Waals surface area contributed by atoms with Gasteiger partial charge in [0.25, 0.3) is 5.91 Å². The maximum atomic E-state index is 12.5. The molecule has 1 atom stereocenters. The second-order valence-corrected chi connectivity index (χ2v) is 5.88. The summed E-state index contributed by atoms with van der Waals surface area (Å²) >= 11 is 0. The summed E-state index contributed by atoms with van der Waals surface area (Å²) in [5.74, 6) is -0.847. The van der Waals surface area contributed by atoms with Crippen LogP contribution in [0.15, 0.2) is 30.5 Å². The average Bonchev–Trinajstić information content (AvgIpc) is 3.05. The summed E-state index contributed by atoms with van der Waals surface area (Å²) in [5.41, 5.74) is 7.62. The van der Waals surface area contributed by atoms with Gasteiger partial charge >= 0.3 is 0 Å². The van der Waals surface area contributed by atoms with Crippen LogP contribution in [0.4, 0.5) is 0 Å². The van der Waals surface area contributed by atoms with Crippen molar-refractivity contribution in [2.75, 3.05) is 13.1 Å². The molecule has 7 heteroatoms. The number of nitrogens with two attached hydrogens (primary N) is 1. The minimum Gasteiger partial charge on any atom is -0.369 e. The fourth-order valence-electron chi connectivity index (χ4n) is 2.74. The van der Waals surface area contributed by atoms with E-state index in [9.17, 15) is 9.59 Å². The number of likely N-dealkylation sites (tertiary alicyclic amines) is 1. The van der Waals surface area contributed by atoms with Gasteiger partial charge in [0.15, 0.2) is 5.69 Å². The lowest BCUT2D eigenvalue weighted by atomic mass is 9.97. The van der Waals surface area contributed by atoms with Crippen molar-refractivity contribution in [1.29, 1.82) is 0 Å². The highest BCUT2D eigenvalue weighted by molar-refractivity contribution is 5.92. The summed E-state index contributed by atoms with van der Waals surface area (Å²) in [5, 5.41) is 7.98. The zero-order valence-electron chi connectivity index (χ0n) is 13.0. The van der Waals surface area contributed by atoms with Crippen LogP contribution in [0.25, 0.3) is 5.69 Å². The molecular weight excluding hydrogens is 294 g/mol. The van der Waals surface area contributed by atoms with Crippen molar-refractivity contribution in [1.82, 2.24) is 19.9 Å². The van der Waals surface area contributed by atoms with Crippen molar-refractivity contribution in [2.24, 2.45) is 11.7 Å². The van der Waals surface area contributed by atoms with Gasteiger partial charge in [0, 0.05) is 13.1 Å². The molecule has 2 heterocycles. The SMILES string of the molecule is Cc1ccc(-n2cc(C(=O)N3CCC[C@@H](C(N)=O)C3)nn2)cc1. The molecule has 1 saturated heterocycles. The van der Waals surface area contributed by atoms with Crippen LogP contribution in [0, 0.1) is 12.8 Å². The molecule has 2 amide bonds. The third-order valence-electron chi connectivity index (χ3n) is 4.12. The number of aryl methyl sites for hydroxylation is 1. The maximum absolute atomic E-state index is 12.5. The molecule has 0 saturated carbocycles. The molecule has 1 aromatic heterocycles. The lowest BCUT2D eigenvalue weighted by Gasteiger charge is -2.30. The molecule has 0 bridgehead atoms. The summed E-state index contributed by atoms with van der Waals surface area (Å²) < 4.78 is 1.57. The number of amides is 2. The fraction of sp³-hybridized carbons (Fsp3) is 0.375. The van der Waals surface area contributed by atoms with E-state index in [-0.39, 0.29) is 23.4 Å². The van der Waals surface area contributed by atoms with Gasteiger partial charge in [0.05, 0.1) is 17.8 Å². The van der Waals surface area contributed by atoms with Gasteiger partial charge in [-0.1, -0.05) is 22.9 Å². The molecule has 120 valence electrons. The third-order valence-corrected chi connectivity index (χ3v) is 4.12. The first-order valence-electron chi connectivity index (χ1n) is 7.62. The molecule has 1 aromatic carbocycles. The van der Waals surface area contributed by atoms with Crippen molar-refractivity contribution in [3.8, 4) is 5.69 Å². The Bertz CT molecular complexity index is 722. The third kappa shape index (κ3) is 3.23. The monoisotopic (exact) mass is 313 g/mol. The Kier molecular flexibility index (Phi) is 4.10. The van der Waals surface area contributed by atoms with E-state index < -0.39 is 0 Å². The molecule has 0 unspecified atom stereocenters. The first kappa shape index (κ1) is 15.2. The van der Waals surface area contributed by atoms with Crippen molar-refractivity contribution in [3.05, 3.63) is 41.7 Å². The highest BCUT2D eigenvalue weighted by Crippen LogP contribution is 2.18. The second-order valence-electron chi connectivity index (χ2n) is 5.88. The summed E-state index contributed by atoms with van der Waals surface area (Å²) in [7, 11) is 0. The first-order valence-corrected chi connectivity index (χ1v) is 7.62. The lowest BCUT2D eigenvalue weighted by molar-refractivity contribution is -0.123. The quantitative estimate of drug-likeness (QED) is 0.911.